The summed E-state index contributed by atoms with van der Waals surface area (Å²) in [7, 11) is 0. The van der Waals surface area contributed by atoms with Gasteiger partial charge in [0.15, 0.2) is 5.82 Å². The molecule has 1 N–H and O–H groups in total. The molecule has 3 heterocycles. The smallest absolute Gasteiger partial charge is 0.202 e. The van der Waals surface area contributed by atoms with Crippen LogP contribution in [0.2, 0.25) is 0 Å². The maximum atomic E-state index is 4.40. The van der Waals surface area contributed by atoms with Gasteiger partial charge in [-0.15, -0.1) is 10.2 Å². The Morgan fingerprint density at radius 2 is 2.21 bits per heavy atom. The molecule has 0 saturated carbocycles. The van der Waals surface area contributed by atoms with Gasteiger partial charge >= 0.3 is 0 Å². The summed E-state index contributed by atoms with van der Waals surface area (Å²) in [6, 6.07) is 0. The van der Waals surface area contributed by atoms with E-state index in [1.807, 2.05) is 0 Å². The maximum Gasteiger partial charge on any atom is 0.202 e. The van der Waals surface area contributed by atoms with Crippen molar-refractivity contribution in [3.63, 3.8) is 0 Å². The van der Waals surface area contributed by atoms with Crippen LogP contribution in [-0.4, -0.2) is 24.1 Å². The number of rotatable bonds is 4. The lowest BCUT2D eigenvalue weighted by Gasteiger charge is -2.06. The fourth-order valence-corrected chi connectivity index (χ4v) is 2.94. The SMILES string of the molecule is CCc1nsc(NCc2nnc3n2CCCCC3)n1. The quantitative estimate of drug-likeness (QED) is 0.926. The van der Waals surface area contributed by atoms with Gasteiger partial charge in [-0.2, -0.15) is 4.37 Å². The van der Waals surface area contributed by atoms with Gasteiger partial charge in [-0.05, 0) is 12.8 Å². The molecule has 0 unspecified atom stereocenters. The molecular formula is C12H18N6S. The van der Waals surface area contributed by atoms with Crippen LogP contribution < -0.4 is 5.32 Å². The molecule has 1 aliphatic rings. The fourth-order valence-electron chi connectivity index (χ4n) is 2.30. The third-order valence-electron chi connectivity index (χ3n) is 3.37. The highest BCUT2D eigenvalue weighted by Gasteiger charge is 2.14. The molecule has 0 bridgehead atoms. The first-order chi connectivity index (χ1) is 9.36. The third kappa shape index (κ3) is 2.75. The number of aryl methyl sites for hydroxylation is 2. The first-order valence-corrected chi connectivity index (χ1v) is 7.61. The Labute approximate surface area is 116 Å². The Hall–Kier alpha value is -1.50. The number of hydrogen-bond donors (Lipinski definition) is 1. The summed E-state index contributed by atoms with van der Waals surface area (Å²) in [4.78, 5) is 4.40. The molecule has 2 aromatic heterocycles. The number of fused-ring (bicyclic) bond motifs is 1. The topological polar surface area (TPSA) is 68.5 Å². The molecule has 3 rings (SSSR count). The van der Waals surface area contributed by atoms with Crippen LogP contribution in [0, 0.1) is 0 Å². The van der Waals surface area contributed by atoms with E-state index in [4.69, 9.17) is 0 Å². The fraction of sp³-hybridized carbons (Fsp3) is 0.667. The normalized spacial score (nSPS) is 15.0. The average molecular weight is 278 g/mol. The summed E-state index contributed by atoms with van der Waals surface area (Å²) in [6.07, 6.45) is 5.65. The lowest BCUT2D eigenvalue weighted by molar-refractivity contribution is 0.610. The molecule has 0 aromatic carbocycles. The molecule has 0 amide bonds. The third-order valence-corrected chi connectivity index (χ3v) is 4.08. The minimum absolute atomic E-state index is 0.672. The Morgan fingerprint density at radius 3 is 3.05 bits per heavy atom. The highest BCUT2D eigenvalue weighted by atomic mass is 32.1. The van der Waals surface area contributed by atoms with Crippen molar-refractivity contribution in [3.05, 3.63) is 17.5 Å². The molecule has 0 aliphatic carbocycles. The van der Waals surface area contributed by atoms with Gasteiger partial charge < -0.3 is 9.88 Å². The largest absolute Gasteiger partial charge is 0.353 e. The van der Waals surface area contributed by atoms with Gasteiger partial charge in [0.25, 0.3) is 0 Å². The van der Waals surface area contributed by atoms with Crippen molar-refractivity contribution in [2.45, 2.75) is 52.1 Å². The molecule has 1 aliphatic heterocycles. The summed E-state index contributed by atoms with van der Waals surface area (Å²) in [6.45, 7) is 3.77. The van der Waals surface area contributed by atoms with Crippen molar-refractivity contribution in [2.75, 3.05) is 5.32 Å². The van der Waals surface area contributed by atoms with Crippen LogP contribution >= 0.6 is 11.5 Å². The van der Waals surface area contributed by atoms with Crippen LogP contribution in [0.3, 0.4) is 0 Å². The van der Waals surface area contributed by atoms with E-state index >= 15 is 0 Å². The second-order valence-corrected chi connectivity index (χ2v) is 5.47. The second kappa shape index (κ2) is 5.64. The first kappa shape index (κ1) is 12.5. The number of aromatic nitrogens is 5. The molecule has 0 radical (unpaired) electrons. The number of nitrogens with zero attached hydrogens (tertiary/aromatic N) is 5. The van der Waals surface area contributed by atoms with Gasteiger partial charge in [-0.1, -0.05) is 13.3 Å². The molecular weight excluding hydrogens is 260 g/mol. The Balaban J connectivity index is 1.68. The van der Waals surface area contributed by atoms with Crippen molar-refractivity contribution < 1.29 is 0 Å². The van der Waals surface area contributed by atoms with E-state index in [9.17, 15) is 0 Å². The molecule has 0 spiro atoms. The van der Waals surface area contributed by atoms with Crippen LogP contribution in [0.5, 0.6) is 0 Å². The van der Waals surface area contributed by atoms with Gasteiger partial charge in [-0.25, -0.2) is 4.98 Å². The molecule has 6 nitrogen and oxygen atoms in total. The number of nitrogens with one attached hydrogen (secondary N) is 1. The minimum atomic E-state index is 0.672. The number of anilines is 1. The van der Waals surface area contributed by atoms with Crippen molar-refractivity contribution in [1.82, 2.24) is 24.1 Å². The maximum absolute atomic E-state index is 4.40. The Kier molecular flexibility index (Phi) is 3.72. The first-order valence-electron chi connectivity index (χ1n) is 6.84. The molecule has 102 valence electrons. The van der Waals surface area contributed by atoms with E-state index in [0.29, 0.717) is 6.54 Å². The molecule has 0 saturated heterocycles. The van der Waals surface area contributed by atoms with E-state index in [1.54, 1.807) is 0 Å². The van der Waals surface area contributed by atoms with Crippen molar-refractivity contribution in [3.8, 4) is 0 Å². The zero-order valence-corrected chi connectivity index (χ0v) is 11.9. The van der Waals surface area contributed by atoms with Gasteiger partial charge in [0, 0.05) is 30.9 Å². The lowest BCUT2D eigenvalue weighted by Crippen LogP contribution is -2.10. The molecule has 0 atom stereocenters. The van der Waals surface area contributed by atoms with Crippen LogP contribution in [0.1, 0.15) is 43.7 Å². The summed E-state index contributed by atoms with van der Waals surface area (Å²) < 4.78 is 6.51. The molecule has 2 aromatic rings. The molecule has 7 heteroatoms. The van der Waals surface area contributed by atoms with E-state index < -0.39 is 0 Å². The zero-order valence-electron chi connectivity index (χ0n) is 11.1. The standard InChI is InChI=1S/C12H18N6S/c1-2-9-14-12(19-17-9)13-8-11-16-15-10-6-4-3-5-7-18(10)11/h2-8H2,1H3,(H,13,14,17). The summed E-state index contributed by atoms with van der Waals surface area (Å²) in [5, 5.41) is 12.7. The molecule has 0 fully saturated rings. The Morgan fingerprint density at radius 1 is 1.26 bits per heavy atom. The van der Waals surface area contributed by atoms with Crippen molar-refractivity contribution in [2.24, 2.45) is 0 Å². The summed E-state index contributed by atoms with van der Waals surface area (Å²) in [5.74, 6) is 3.03. The predicted octanol–water partition coefficient (Wildman–Crippen LogP) is 2.03. The second-order valence-electron chi connectivity index (χ2n) is 4.72. The van der Waals surface area contributed by atoms with Crippen LogP contribution in [0.4, 0.5) is 5.13 Å². The Bertz CT molecular complexity index is 546. The monoisotopic (exact) mass is 278 g/mol. The highest BCUT2D eigenvalue weighted by Crippen LogP contribution is 2.16. The van der Waals surface area contributed by atoms with Crippen LogP contribution in [-0.2, 0) is 25.9 Å². The van der Waals surface area contributed by atoms with Crippen LogP contribution in [0.15, 0.2) is 0 Å². The van der Waals surface area contributed by atoms with Crippen molar-refractivity contribution in [1.29, 1.82) is 0 Å². The van der Waals surface area contributed by atoms with E-state index in [1.165, 1.54) is 30.8 Å². The van der Waals surface area contributed by atoms with Gasteiger partial charge in [0.1, 0.15) is 11.6 Å². The number of hydrogen-bond acceptors (Lipinski definition) is 6. The average Bonchev–Trinajstić information content (AvgIpc) is 2.97. The zero-order chi connectivity index (χ0) is 13.1. The van der Waals surface area contributed by atoms with Gasteiger partial charge in [0.05, 0.1) is 6.54 Å². The predicted molar refractivity (Wildman–Crippen MR) is 74.2 cm³/mol. The summed E-state index contributed by atoms with van der Waals surface area (Å²) in [5.41, 5.74) is 0. The van der Waals surface area contributed by atoms with Gasteiger partial charge in [0.2, 0.25) is 5.13 Å². The lowest BCUT2D eigenvalue weighted by atomic mass is 10.2. The van der Waals surface area contributed by atoms with E-state index in [2.05, 4.69) is 36.4 Å². The van der Waals surface area contributed by atoms with E-state index in [-0.39, 0.29) is 0 Å². The van der Waals surface area contributed by atoms with E-state index in [0.717, 1.165) is 42.0 Å². The van der Waals surface area contributed by atoms with Crippen LogP contribution in [0.25, 0.3) is 0 Å². The highest BCUT2D eigenvalue weighted by molar-refractivity contribution is 7.09. The minimum Gasteiger partial charge on any atom is -0.353 e. The summed E-state index contributed by atoms with van der Waals surface area (Å²) >= 11 is 1.41. The molecule has 19 heavy (non-hydrogen) atoms. The van der Waals surface area contributed by atoms with Crippen molar-refractivity contribution >= 4 is 16.7 Å². The van der Waals surface area contributed by atoms with Gasteiger partial charge in [-0.3, -0.25) is 0 Å².